The summed E-state index contributed by atoms with van der Waals surface area (Å²) in [5.74, 6) is 0.292. The van der Waals surface area contributed by atoms with E-state index in [1.807, 2.05) is 12.1 Å². The number of nitrogens with one attached hydrogen (secondary N) is 1. The van der Waals surface area contributed by atoms with Crippen LogP contribution >= 0.6 is 0 Å². The summed E-state index contributed by atoms with van der Waals surface area (Å²) in [7, 11) is 0. The van der Waals surface area contributed by atoms with Crippen molar-refractivity contribution < 1.29 is 5.11 Å². The predicted molar refractivity (Wildman–Crippen MR) is 80.8 cm³/mol. The number of hydrogen-bond donors (Lipinski definition) is 2. The van der Waals surface area contributed by atoms with Crippen LogP contribution in [-0.4, -0.2) is 5.11 Å². The molecule has 0 heterocycles. The molecule has 0 spiro atoms. The van der Waals surface area contributed by atoms with E-state index in [1.165, 1.54) is 22.3 Å². The molecule has 0 aliphatic carbocycles. The maximum absolute atomic E-state index is 9.29. The molecule has 19 heavy (non-hydrogen) atoms. The standard InChI is InChI=1S/C17H21NO/c1-11-9-13(3)17(10-12(11)2)14(4)18-15-5-7-16(19)8-6-15/h5-10,14,18-19H,1-4H3. The Hall–Kier alpha value is -1.96. The van der Waals surface area contributed by atoms with E-state index in [9.17, 15) is 5.11 Å². The lowest BCUT2D eigenvalue weighted by Crippen LogP contribution is -2.08. The van der Waals surface area contributed by atoms with Crippen LogP contribution < -0.4 is 5.32 Å². The maximum Gasteiger partial charge on any atom is 0.115 e. The third-order valence-electron chi connectivity index (χ3n) is 3.60. The lowest BCUT2D eigenvalue weighted by Gasteiger charge is -2.19. The highest BCUT2D eigenvalue weighted by atomic mass is 16.3. The molecule has 2 N–H and O–H groups in total. The van der Waals surface area contributed by atoms with E-state index >= 15 is 0 Å². The van der Waals surface area contributed by atoms with Gasteiger partial charge < -0.3 is 10.4 Å². The van der Waals surface area contributed by atoms with Crippen molar-refractivity contribution in [2.24, 2.45) is 0 Å². The zero-order chi connectivity index (χ0) is 14.0. The first-order valence-corrected chi connectivity index (χ1v) is 6.60. The van der Waals surface area contributed by atoms with Crippen LogP contribution in [-0.2, 0) is 0 Å². The van der Waals surface area contributed by atoms with E-state index in [-0.39, 0.29) is 6.04 Å². The fourth-order valence-electron chi connectivity index (χ4n) is 2.33. The Kier molecular flexibility index (Phi) is 3.79. The van der Waals surface area contributed by atoms with Gasteiger partial charge in [0.1, 0.15) is 5.75 Å². The largest absolute Gasteiger partial charge is 0.508 e. The number of benzene rings is 2. The molecule has 1 atom stereocenters. The molecule has 2 aromatic carbocycles. The molecule has 0 fully saturated rings. The Labute approximate surface area is 115 Å². The monoisotopic (exact) mass is 255 g/mol. The third-order valence-corrected chi connectivity index (χ3v) is 3.60. The van der Waals surface area contributed by atoms with Crippen LogP contribution in [0.5, 0.6) is 5.75 Å². The molecule has 0 aromatic heterocycles. The normalized spacial score (nSPS) is 12.2. The summed E-state index contributed by atoms with van der Waals surface area (Å²) in [5.41, 5.74) is 6.29. The summed E-state index contributed by atoms with van der Waals surface area (Å²) in [6.45, 7) is 8.59. The Morgan fingerprint density at radius 3 is 2.11 bits per heavy atom. The molecule has 0 bridgehead atoms. The highest BCUT2D eigenvalue weighted by Gasteiger charge is 2.10. The summed E-state index contributed by atoms with van der Waals surface area (Å²) < 4.78 is 0. The minimum Gasteiger partial charge on any atom is -0.508 e. The van der Waals surface area contributed by atoms with Gasteiger partial charge in [0.15, 0.2) is 0 Å². The van der Waals surface area contributed by atoms with Crippen LogP contribution in [0.15, 0.2) is 36.4 Å². The summed E-state index contributed by atoms with van der Waals surface area (Å²) in [4.78, 5) is 0. The first kappa shape index (κ1) is 13.5. The Morgan fingerprint density at radius 2 is 1.47 bits per heavy atom. The van der Waals surface area contributed by atoms with Crippen LogP contribution in [0.25, 0.3) is 0 Å². The molecule has 2 rings (SSSR count). The van der Waals surface area contributed by atoms with Crippen LogP contribution in [0.3, 0.4) is 0 Å². The van der Waals surface area contributed by atoms with Gasteiger partial charge in [0.25, 0.3) is 0 Å². The molecule has 2 aromatic rings. The Balaban J connectivity index is 2.22. The lowest BCUT2D eigenvalue weighted by atomic mass is 9.96. The molecular weight excluding hydrogens is 234 g/mol. The molecular formula is C17H21NO. The van der Waals surface area contributed by atoms with Crippen molar-refractivity contribution in [1.29, 1.82) is 0 Å². The van der Waals surface area contributed by atoms with Crippen molar-refractivity contribution in [1.82, 2.24) is 0 Å². The highest BCUT2D eigenvalue weighted by molar-refractivity contribution is 5.49. The van der Waals surface area contributed by atoms with E-state index < -0.39 is 0 Å². The smallest absolute Gasteiger partial charge is 0.115 e. The summed E-state index contributed by atoms with van der Waals surface area (Å²) in [5, 5.41) is 12.8. The summed E-state index contributed by atoms with van der Waals surface area (Å²) in [6.07, 6.45) is 0. The molecule has 2 nitrogen and oxygen atoms in total. The minimum atomic E-state index is 0.240. The second kappa shape index (κ2) is 5.35. The van der Waals surface area contributed by atoms with Gasteiger partial charge in [0.2, 0.25) is 0 Å². The van der Waals surface area contributed by atoms with Crippen LogP contribution in [0.2, 0.25) is 0 Å². The first-order valence-electron chi connectivity index (χ1n) is 6.60. The van der Waals surface area contributed by atoms with Crippen LogP contribution in [0, 0.1) is 20.8 Å². The third kappa shape index (κ3) is 3.08. The number of aryl methyl sites for hydroxylation is 3. The van der Waals surface area contributed by atoms with Gasteiger partial charge in [0, 0.05) is 11.7 Å². The zero-order valence-corrected chi connectivity index (χ0v) is 12.0. The number of rotatable bonds is 3. The molecule has 0 radical (unpaired) electrons. The molecule has 1 unspecified atom stereocenters. The SMILES string of the molecule is Cc1cc(C)c(C(C)Nc2ccc(O)cc2)cc1C. The van der Waals surface area contributed by atoms with Crippen LogP contribution in [0.4, 0.5) is 5.69 Å². The second-order valence-corrected chi connectivity index (χ2v) is 5.21. The average molecular weight is 255 g/mol. The van der Waals surface area contributed by atoms with Crippen molar-refractivity contribution in [3.05, 3.63) is 58.7 Å². The Bertz CT molecular complexity index is 573. The maximum atomic E-state index is 9.29. The molecule has 0 aliphatic rings. The van der Waals surface area contributed by atoms with Gasteiger partial charge in [-0.25, -0.2) is 0 Å². The summed E-state index contributed by atoms with van der Waals surface area (Å²) in [6, 6.07) is 11.9. The van der Waals surface area contributed by atoms with Crippen molar-refractivity contribution in [2.75, 3.05) is 5.32 Å². The zero-order valence-electron chi connectivity index (χ0n) is 12.0. The number of phenolic OH excluding ortho intramolecular Hbond substituents is 1. The fourth-order valence-corrected chi connectivity index (χ4v) is 2.33. The molecule has 100 valence electrons. The van der Waals surface area contributed by atoms with Crippen molar-refractivity contribution >= 4 is 5.69 Å². The van der Waals surface area contributed by atoms with Gasteiger partial charge in [-0.1, -0.05) is 12.1 Å². The summed E-state index contributed by atoms with van der Waals surface area (Å²) >= 11 is 0. The Morgan fingerprint density at radius 1 is 0.895 bits per heavy atom. The fraction of sp³-hybridized carbons (Fsp3) is 0.294. The molecule has 0 aliphatic heterocycles. The number of phenols is 1. The van der Waals surface area contributed by atoms with Gasteiger partial charge in [0.05, 0.1) is 0 Å². The van der Waals surface area contributed by atoms with E-state index in [0.29, 0.717) is 5.75 Å². The predicted octanol–water partition coefficient (Wildman–Crippen LogP) is 4.49. The van der Waals surface area contributed by atoms with Crippen molar-refractivity contribution in [3.8, 4) is 5.75 Å². The van der Waals surface area contributed by atoms with Gasteiger partial charge in [-0.3, -0.25) is 0 Å². The highest BCUT2D eigenvalue weighted by Crippen LogP contribution is 2.25. The molecule has 0 amide bonds. The quantitative estimate of drug-likeness (QED) is 0.792. The lowest BCUT2D eigenvalue weighted by molar-refractivity contribution is 0.475. The molecule has 0 saturated heterocycles. The van der Waals surface area contributed by atoms with Crippen molar-refractivity contribution in [2.45, 2.75) is 33.7 Å². The number of aromatic hydroxyl groups is 1. The second-order valence-electron chi connectivity index (χ2n) is 5.21. The van der Waals surface area contributed by atoms with Gasteiger partial charge in [-0.2, -0.15) is 0 Å². The van der Waals surface area contributed by atoms with E-state index in [2.05, 4.69) is 45.1 Å². The number of hydrogen-bond acceptors (Lipinski definition) is 2. The van der Waals surface area contributed by atoms with E-state index in [4.69, 9.17) is 0 Å². The average Bonchev–Trinajstić information content (AvgIpc) is 2.36. The van der Waals surface area contributed by atoms with Crippen LogP contribution in [0.1, 0.15) is 35.2 Å². The van der Waals surface area contributed by atoms with E-state index in [1.54, 1.807) is 12.1 Å². The molecule has 0 saturated carbocycles. The van der Waals surface area contributed by atoms with Gasteiger partial charge >= 0.3 is 0 Å². The van der Waals surface area contributed by atoms with Crippen molar-refractivity contribution in [3.63, 3.8) is 0 Å². The minimum absolute atomic E-state index is 0.240. The topological polar surface area (TPSA) is 32.3 Å². The van der Waals surface area contributed by atoms with Gasteiger partial charge in [-0.05, 0) is 74.2 Å². The van der Waals surface area contributed by atoms with E-state index in [0.717, 1.165) is 5.69 Å². The first-order chi connectivity index (χ1) is 8.97. The van der Waals surface area contributed by atoms with Gasteiger partial charge in [-0.15, -0.1) is 0 Å². The molecule has 2 heteroatoms. The number of anilines is 1.